The fraction of sp³-hybridized carbons (Fsp3) is 0.455. The van der Waals surface area contributed by atoms with Gasteiger partial charge in [-0.25, -0.2) is 12.8 Å². The first-order valence-corrected chi connectivity index (χ1v) is 7.29. The Hall–Kier alpha value is -0.980. The van der Waals surface area contributed by atoms with Crippen LogP contribution in [0.15, 0.2) is 18.2 Å². The number of halogens is 1. The van der Waals surface area contributed by atoms with Crippen molar-refractivity contribution < 1.29 is 12.8 Å². The molecule has 1 atom stereocenters. The topological polar surface area (TPSA) is 72.2 Å². The minimum atomic E-state index is -3.03. The van der Waals surface area contributed by atoms with Crippen molar-refractivity contribution in [3.05, 3.63) is 35.1 Å². The lowest BCUT2D eigenvalue weighted by molar-refractivity contribution is 0.528. The van der Waals surface area contributed by atoms with Crippen LogP contribution in [0.3, 0.4) is 0 Å². The monoisotopic (exact) mass is 260 g/mol. The molecule has 0 heterocycles. The summed E-state index contributed by atoms with van der Waals surface area (Å²) in [6, 6.07) is 4.34. The molecule has 1 rings (SSSR count). The highest BCUT2D eigenvalue weighted by Crippen LogP contribution is 2.19. The third-order valence-corrected chi connectivity index (χ3v) is 3.54. The summed E-state index contributed by atoms with van der Waals surface area (Å²) in [6.07, 6.45) is 1.54. The molecule has 0 spiro atoms. The molecule has 0 aliphatic heterocycles. The van der Waals surface area contributed by atoms with Crippen LogP contribution in [0.25, 0.3) is 0 Å². The van der Waals surface area contributed by atoms with Crippen LogP contribution in [0.2, 0.25) is 0 Å². The van der Waals surface area contributed by atoms with E-state index in [1.54, 1.807) is 19.1 Å². The van der Waals surface area contributed by atoms with E-state index in [0.717, 1.165) is 5.56 Å². The van der Waals surface area contributed by atoms with Crippen molar-refractivity contribution in [2.24, 2.45) is 5.84 Å². The number of sulfone groups is 1. The lowest BCUT2D eigenvalue weighted by atomic mass is 10.0. The van der Waals surface area contributed by atoms with Gasteiger partial charge in [0, 0.05) is 12.3 Å². The van der Waals surface area contributed by atoms with Crippen LogP contribution in [-0.4, -0.2) is 20.4 Å². The normalized spacial score (nSPS) is 13.6. The van der Waals surface area contributed by atoms with E-state index < -0.39 is 9.84 Å². The van der Waals surface area contributed by atoms with E-state index in [1.165, 1.54) is 12.3 Å². The fourth-order valence-electron chi connectivity index (χ4n) is 1.56. The van der Waals surface area contributed by atoms with E-state index in [0.29, 0.717) is 12.0 Å². The molecule has 0 fully saturated rings. The SMILES string of the molecule is Cc1cc(C(CCS(C)(=O)=O)NN)ccc1F. The molecule has 4 nitrogen and oxygen atoms in total. The van der Waals surface area contributed by atoms with Crippen LogP contribution in [-0.2, 0) is 9.84 Å². The van der Waals surface area contributed by atoms with Crippen molar-refractivity contribution >= 4 is 9.84 Å². The maximum absolute atomic E-state index is 13.1. The van der Waals surface area contributed by atoms with E-state index in [9.17, 15) is 12.8 Å². The Morgan fingerprint density at radius 1 is 1.47 bits per heavy atom. The Morgan fingerprint density at radius 2 is 2.12 bits per heavy atom. The molecule has 0 saturated carbocycles. The van der Waals surface area contributed by atoms with Crippen molar-refractivity contribution in [1.29, 1.82) is 0 Å². The van der Waals surface area contributed by atoms with Crippen LogP contribution >= 0.6 is 0 Å². The molecule has 0 saturated heterocycles. The molecule has 0 aliphatic carbocycles. The van der Waals surface area contributed by atoms with Gasteiger partial charge in [0.15, 0.2) is 0 Å². The molecule has 0 amide bonds. The highest BCUT2D eigenvalue weighted by Gasteiger charge is 2.13. The lowest BCUT2D eigenvalue weighted by Gasteiger charge is -2.16. The number of nitrogens with two attached hydrogens (primary N) is 1. The van der Waals surface area contributed by atoms with Gasteiger partial charge in [0.05, 0.1) is 5.75 Å². The molecule has 1 aromatic rings. The molecule has 1 aromatic carbocycles. The first kappa shape index (κ1) is 14.1. The molecule has 0 radical (unpaired) electrons. The third-order valence-electron chi connectivity index (χ3n) is 2.56. The number of hydrogen-bond acceptors (Lipinski definition) is 4. The summed E-state index contributed by atoms with van der Waals surface area (Å²) in [5, 5.41) is 0. The van der Waals surface area contributed by atoms with Crippen molar-refractivity contribution in [2.45, 2.75) is 19.4 Å². The number of hydrazine groups is 1. The smallest absolute Gasteiger partial charge is 0.147 e. The molecule has 96 valence electrons. The van der Waals surface area contributed by atoms with Gasteiger partial charge in [-0.2, -0.15) is 0 Å². The quantitative estimate of drug-likeness (QED) is 0.613. The fourth-order valence-corrected chi connectivity index (χ4v) is 2.23. The van der Waals surface area contributed by atoms with E-state index >= 15 is 0 Å². The van der Waals surface area contributed by atoms with Crippen LogP contribution in [0.1, 0.15) is 23.6 Å². The van der Waals surface area contributed by atoms with E-state index in [4.69, 9.17) is 5.84 Å². The second-order valence-corrected chi connectivity index (χ2v) is 6.41. The number of aryl methyl sites for hydroxylation is 1. The minimum Gasteiger partial charge on any atom is -0.271 e. The lowest BCUT2D eigenvalue weighted by Crippen LogP contribution is -2.29. The number of nitrogens with one attached hydrogen (secondary N) is 1. The largest absolute Gasteiger partial charge is 0.271 e. The third kappa shape index (κ3) is 4.41. The Balaban J connectivity index is 2.83. The van der Waals surface area contributed by atoms with Crippen molar-refractivity contribution in [3.8, 4) is 0 Å². The predicted molar refractivity (Wildman–Crippen MR) is 65.5 cm³/mol. The van der Waals surface area contributed by atoms with Crippen molar-refractivity contribution in [1.82, 2.24) is 5.43 Å². The molecule has 0 aliphatic rings. The summed E-state index contributed by atoms with van der Waals surface area (Å²) in [7, 11) is -3.03. The minimum absolute atomic E-state index is 0.0400. The molecular weight excluding hydrogens is 243 g/mol. The molecule has 3 N–H and O–H groups in total. The van der Waals surface area contributed by atoms with E-state index in [1.807, 2.05) is 0 Å². The summed E-state index contributed by atoms with van der Waals surface area (Å²) >= 11 is 0. The van der Waals surface area contributed by atoms with E-state index in [2.05, 4.69) is 5.43 Å². The number of benzene rings is 1. The zero-order chi connectivity index (χ0) is 13.1. The molecule has 17 heavy (non-hydrogen) atoms. The highest BCUT2D eigenvalue weighted by atomic mass is 32.2. The predicted octanol–water partition coefficient (Wildman–Crippen LogP) is 1.07. The van der Waals surface area contributed by atoms with Crippen molar-refractivity contribution in [2.75, 3.05) is 12.0 Å². The van der Waals surface area contributed by atoms with Crippen LogP contribution < -0.4 is 11.3 Å². The zero-order valence-electron chi connectivity index (χ0n) is 9.90. The van der Waals surface area contributed by atoms with Gasteiger partial charge in [0.1, 0.15) is 15.7 Å². The van der Waals surface area contributed by atoms with Crippen LogP contribution in [0, 0.1) is 12.7 Å². The van der Waals surface area contributed by atoms with Gasteiger partial charge in [0.2, 0.25) is 0 Å². The molecule has 0 aromatic heterocycles. The number of rotatable bonds is 5. The summed E-state index contributed by atoms with van der Waals surface area (Å²) in [5.74, 6) is 5.14. The highest BCUT2D eigenvalue weighted by molar-refractivity contribution is 7.90. The number of hydrogen-bond donors (Lipinski definition) is 2. The van der Waals surface area contributed by atoms with Gasteiger partial charge in [-0.15, -0.1) is 0 Å². The van der Waals surface area contributed by atoms with Crippen LogP contribution in [0.4, 0.5) is 4.39 Å². The van der Waals surface area contributed by atoms with Gasteiger partial charge >= 0.3 is 0 Å². The van der Waals surface area contributed by atoms with E-state index in [-0.39, 0.29) is 17.6 Å². The molecule has 6 heteroatoms. The van der Waals surface area contributed by atoms with Gasteiger partial charge in [0.25, 0.3) is 0 Å². The van der Waals surface area contributed by atoms with Gasteiger partial charge in [-0.1, -0.05) is 12.1 Å². The average molecular weight is 260 g/mol. The first-order valence-electron chi connectivity index (χ1n) is 5.23. The van der Waals surface area contributed by atoms with Gasteiger partial charge in [-0.05, 0) is 30.5 Å². The molecular formula is C11H17FN2O2S. The maximum Gasteiger partial charge on any atom is 0.147 e. The van der Waals surface area contributed by atoms with Crippen LogP contribution in [0.5, 0.6) is 0 Å². The molecule has 1 unspecified atom stereocenters. The second kappa shape index (κ2) is 5.57. The summed E-state index contributed by atoms with van der Waals surface area (Å²) in [5.41, 5.74) is 3.85. The molecule has 0 bridgehead atoms. The Morgan fingerprint density at radius 3 is 2.59 bits per heavy atom. The Labute approximate surface area is 101 Å². The van der Waals surface area contributed by atoms with Gasteiger partial charge in [-0.3, -0.25) is 11.3 Å². The summed E-state index contributed by atoms with van der Waals surface area (Å²) in [4.78, 5) is 0. The second-order valence-electron chi connectivity index (χ2n) is 4.15. The zero-order valence-corrected chi connectivity index (χ0v) is 10.7. The Bertz CT molecular complexity index is 488. The maximum atomic E-state index is 13.1. The average Bonchev–Trinajstić information content (AvgIpc) is 2.22. The summed E-state index contributed by atoms with van der Waals surface area (Å²) < 4.78 is 35.2. The Kier molecular flexibility index (Phi) is 4.62. The first-order chi connectivity index (χ1) is 7.83. The van der Waals surface area contributed by atoms with Crippen molar-refractivity contribution in [3.63, 3.8) is 0 Å². The van der Waals surface area contributed by atoms with Gasteiger partial charge < -0.3 is 0 Å². The standard InChI is InChI=1S/C11H17FN2O2S/c1-8-7-9(3-4-10(8)12)11(14-13)5-6-17(2,15)16/h3-4,7,11,14H,5-6,13H2,1-2H3. The summed E-state index contributed by atoms with van der Waals surface area (Å²) in [6.45, 7) is 1.66.